The highest BCUT2D eigenvalue weighted by atomic mass is 16.3. The molecule has 11 atom stereocenters. The minimum absolute atomic E-state index is 0.143. The summed E-state index contributed by atoms with van der Waals surface area (Å²) in [4.78, 5) is 0. The molecular weight excluding hydrogens is 344 g/mol. The average Bonchev–Trinajstić information content (AvgIpc) is 3.01. The molecule has 0 aromatic heterocycles. The molecule has 0 spiro atoms. The van der Waals surface area contributed by atoms with Gasteiger partial charge >= 0.3 is 0 Å². The average molecular weight is 391 g/mol. The van der Waals surface area contributed by atoms with Crippen LogP contribution in [0.3, 0.4) is 0 Å². The van der Waals surface area contributed by atoms with E-state index in [2.05, 4.69) is 34.6 Å². The molecule has 5 unspecified atom stereocenters. The van der Waals surface area contributed by atoms with Gasteiger partial charge in [0.1, 0.15) is 0 Å². The van der Waals surface area contributed by atoms with Crippen LogP contribution in [-0.4, -0.2) is 22.4 Å². The van der Waals surface area contributed by atoms with Crippen molar-refractivity contribution in [2.75, 3.05) is 0 Å². The van der Waals surface area contributed by atoms with Crippen LogP contribution in [0.15, 0.2) is 0 Å². The highest BCUT2D eigenvalue weighted by Crippen LogP contribution is 2.69. The Kier molecular flexibility index (Phi) is 5.71. The van der Waals surface area contributed by atoms with Crippen molar-refractivity contribution >= 4 is 0 Å². The van der Waals surface area contributed by atoms with Crippen molar-refractivity contribution in [3.8, 4) is 0 Å². The molecule has 2 heteroatoms. The summed E-state index contributed by atoms with van der Waals surface area (Å²) in [6.07, 6.45) is 11.9. The van der Waals surface area contributed by atoms with Crippen LogP contribution in [0.2, 0.25) is 0 Å². The van der Waals surface area contributed by atoms with Crippen molar-refractivity contribution in [1.29, 1.82) is 0 Å². The number of aliphatic hydroxyl groups excluding tert-OH is 2. The molecule has 162 valence electrons. The first kappa shape index (κ1) is 21.2. The Hall–Kier alpha value is -0.0800. The Bertz CT molecular complexity index is 561. The summed E-state index contributed by atoms with van der Waals surface area (Å²) in [5, 5.41) is 22.1. The number of rotatable bonds is 4. The molecule has 2 nitrogen and oxygen atoms in total. The Labute approximate surface area is 173 Å². The monoisotopic (exact) mass is 390 g/mol. The highest BCUT2D eigenvalue weighted by Gasteiger charge is 2.64. The van der Waals surface area contributed by atoms with Gasteiger partial charge in [-0.15, -0.1) is 0 Å². The molecule has 28 heavy (non-hydrogen) atoms. The van der Waals surface area contributed by atoms with Gasteiger partial charge in [-0.25, -0.2) is 0 Å². The summed E-state index contributed by atoms with van der Waals surface area (Å²) < 4.78 is 0. The second-order valence-electron chi connectivity index (χ2n) is 11.9. The predicted octanol–water partition coefficient (Wildman–Crippen LogP) is 6.05. The summed E-state index contributed by atoms with van der Waals surface area (Å²) >= 11 is 0. The van der Waals surface area contributed by atoms with E-state index in [-0.39, 0.29) is 12.2 Å². The quantitative estimate of drug-likeness (QED) is 0.613. The first-order valence-electron chi connectivity index (χ1n) is 12.6. The molecule has 0 saturated heterocycles. The molecule has 0 amide bonds. The maximum Gasteiger partial charge on any atom is 0.0605 e. The van der Waals surface area contributed by atoms with Gasteiger partial charge in [-0.05, 0) is 97.2 Å². The topological polar surface area (TPSA) is 40.5 Å². The van der Waals surface area contributed by atoms with Crippen molar-refractivity contribution in [2.45, 2.75) is 111 Å². The van der Waals surface area contributed by atoms with Gasteiger partial charge in [0.25, 0.3) is 0 Å². The number of fused-ring (bicyclic) bond motifs is 5. The highest BCUT2D eigenvalue weighted by molar-refractivity contribution is 5.13. The van der Waals surface area contributed by atoms with Crippen molar-refractivity contribution in [2.24, 2.45) is 52.3 Å². The largest absolute Gasteiger partial charge is 0.393 e. The molecule has 4 rings (SSSR count). The maximum atomic E-state index is 11.7. The van der Waals surface area contributed by atoms with Gasteiger partial charge in [-0.2, -0.15) is 0 Å². The zero-order valence-corrected chi connectivity index (χ0v) is 19.2. The SMILES string of the molecule is CCC[C@@H](C)C1CCC2C3C(O)[C@H](CC)[C@@H]4C[C@H](O)CC[C@]4(C)C3CC[C@@]21C. The summed E-state index contributed by atoms with van der Waals surface area (Å²) in [7, 11) is 0. The fourth-order valence-electron chi connectivity index (χ4n) is 9.59. The van der Waals surface area contributed by atoms with Gasteiger partial charge in [-0.1, -0.05) is 53.9 Å². The maximum absolute atomic E-state index is 11.7. The zero-order valence-electron chi connectivity index (χ0n) is 19.2. The van der Waals surface area contributed by atoms with Gasteiger partial charge in [0, 0.05) is 0 Å². The van der Waals surface area contributed by atoms with Gasteiger partial charge in [0.15, 0.2) is 0 Å². The van der Waals surface area contributed by atoms with Crippen LogP contribution in [0, 0.1) is 52.3 Å². The van der Waals surface area contributed by atoms with Crippen molar-refractivity contribution in [3.05, 3.63) is 0 Å². The third kappa shape index (κ3) is 2.95. The molecule has 0 aromatic rings. The predicted molar refractivity (Wildman–Crippen MR) is 116 cm³/mol. The number of hydrogen-bond donors (Lipinski definition) is 2. The molecule has 0 radical (unpaired) electrons. The van der Waals surface area contributed by atoms with E-state index in [1.165, 1.54) is 44.9 Å². The van der Waals surface area contributed by atoms with E-state index in [0.29, 0.717) is 40.4 Å². The lowest BCUT2D eigenvalue weighted by molar-refractivity contribution is -0.203. The minimum Gasteiger partial charge on any atom is -0.393 e. The molecule has 4 aliphatic rings. The van der Waals surface area contributed by atoms with Crippen LogP contribution in [0.4, 0.5) is 0 Å². The van der Waals surface area contributed by atoms with E-state index in [4.69, 9.17) is 0 Å². The fraction of sp³-hybridized carbons (Fsp3) is 1.00. The molecule has 0 aromatic carbocycles. The van der Waals surface area contributed by atoms with Crippen LogP contribution >= 0.6 is 0 Å². The van der Waals surface area contributed by atoms with Gasteiger partial charge in [0.05, 0.1) is 12.2 Å². The Balaban J connectivity index is 1.67. The van der Waals surface area contributed by atoms with Crippen LogP contribution in [0.5, 0.6) is 0 Å². The van der Waals surface area contributed by atoms with Crippen molar-refractivity contribution < 1.29 is 10.2 Å². The fourth-order valence-corrected chi connectivity index (χ4v) is 9.59. The molecule has 0 aliphatic heterocycles. The molecule has 0 bridgehead atoms. The summed E-state index contributed by atoms with van der Waals surface area (Å²) in [6.45, 7) is 12.3. The minimum atomic E-state index is -0.150. The van der Waals surface area contributed by atoms with E-state index in [0.717, 1.165) is 31.1 Å². The molecule has 4 fully saturated rings. The van der Waals surface area contributed by atoms with Gasteiger partial charge in [-0.3, -0.25) is 0 Å². The summed E-state index contributed by atoms with van der Waals surface area (Å²) in [5.74, 6) is 4.45. The third-order valence-corrected chi connectivity index (χ3v) is 10.9. The molecule has 2 N–H and O–H groups in total. The van der Waals surface area contributed by atoms with Crippen LogP contribution in [0.25, 0.3) is 0 Å². The van der Waals surface area contributed by atoms with Crippen LogP contribution < -0.4 is 0 Å². The second-order valence-corrected chi connectivity index (χ2v) is 11.9. The summed E-state index contributed by atoms with van der Waals surface area (Å²) in [5.41, 5.74) is 0.769. The van der Waals surface area contributed by atoms with E-state index in [1.54, 1.807) is 0 Å². The second kappa shape index (κ2) is 7.56. The van der Waals surface area contributed by atoms with Crippen molar-refractivity contribution in [1.82, 2.24) is 0 Å². The molecule has 4 saturated carbocycles. The van der Waals surface area contributed by atoms with Crippen LogP contribution in [-0.2, 0) is 0 Å². The van der Waals surface area contributed by atoms with Gasteiger partial charge < -0.3 is 10.2 Å². The zero-order chi connectivity index (χ0) is 20.3. The van der Waals surface area contributed by atoms with E-state index in [9.17, 15) is 10.2 Å². The van der Waals surface area contributed by atoms with Gasteiger partial charge in [0.2, 0.25) is 0 Å². The van der Waals surface area contributed by atoms with E-state index < -0.39 is 0 Å². The number of hydrogen-bond acceptors (Lipinski definition) is 2. The van der Waals surface area contributed by atoms with Crippen molar-refractivity contribution in [3.63, 3.8) is 0 Å². The first-order chi connectivity index (χ1) is 13.3. The summed E-state index contributed by atoms with van der Waals surface area (Å²) in [6, 6.07) is 0. The Morgan fingerprint density at radius 3 is 2.25 bits per heavy atom. The van der Waals surface area contributed by atoms with Crippen LogP contribution in [0.1, 0.15) is 98.8 Å². The normalized spacial score (nSPS) is 54.5. The van der Waals surface area contributed by atoms with E-state index in [1.807, 2.05) is 0 Å². The smallest absolute Gasteiger partial charge is 0.0605 e. The number of aliphatic hydroxyl groups is 2. The standard InChI is InChI=1S/C26H46O2/c1-6-8-16(3)19-9-10-20-23-21(12-14-25(19,20)4)26(5)13-11-17(27)15-22(26)18(7-2)24(23)28/h16-24,27-28H,6-15H2,1-5H3/t16-,17-,18-,19?,20?,21?,22+,23?,24?,25-,26-/m1/s1. The Morgan fingerprint density at radius 2 is 1.57 bits per heavy atom. The lowest BCUT2D eigenvalue weighted by Crippen LogP contribution is -2.62. The Morgan fingerprint density at radius 1 is 0.893 bits per heavy atom. The lowest BCUT2D eigenvalue weighted by atomic mass is 9.41. The molecular formula is C26H46O2. The lowest BCUT2D eigenvalue weighted by Gasteiger charge is -2.64. The van der Waals surface area contributed by atoms with E-state index >= 15 is 0 Å². The first-order valence-corrected chi connectivity index (χ1v) is 12.6. The molecule has 0 heterocycles. The third-order valence-electron chi connectivity index (χ3n) is 10.9. The molecule has 4 aliphatic carbocycles.